The van der Waals surface area contributed by atoms with Gasteiger partial charge in [0, 0.05) is 46.0 Å². The maximum Gasteiger partial charge on any atom is 0.270 e. The van der Waals surface area contributed by atoms with Gasteiger partial charge in [-0.3, -0.25) is 4.79 Å². The topological polar surface area (TPSA) is 74.7 Å². The van der Waals surface area contributed by atoms with Gasteiger partial charge in [-0.2, -0.15) is 4.31 Å². The predicted octanol–water partition coefficient (Wildman–Crippen LogP) is 1.42. The molecule has 1 N–H and O–H groups in total. The van der Waals surface area contributed by atoms with E-state index >= 15 is 0 Å². The van der Waals surface area contributed by atoms with Crippen LogP contribution in [0.3, 0.4) is 0 Å². The minimum atomic E-state index is -3.51. The Balaban J connectivity index is 1.49. The number of hydrogen-bond donors (Lipinski definition) is 1. The van der Waals surface area contributed by atoms with E-state index in [9.17, 15) is 13.2 Å². The van der Waals surface area contributed by atoms with Crippen LogP contribution in [0.5, 0.6) is 0 Å². The Labute approximate surface area is 161 Å². The van der Waals surface area contributed by atoms with Crippen LogP contribution in [0, 0.1) is 5.41 Å². The molecule has 8 heteroatoms. The maximum atomic E-state index is 13.0. The summed E-state index contributed by atoms with van der Waals surface area (Å²) < 4.78 is 29.0. The van der Waals surface area contributed by atoms with E-state index in [0.29, 0.717) is 24.2 Å². The SMILES string of the molecule is Cn1cc(S(=O)(=O)N2CCCCC2)cc1C(=O)N1CCC2(CCNC2)CC1. The fraction of sp³-hybridized carbons (Fsp3) is 0.737. The quantitative estimate of drug-likeness (QED) is 0.841. The van der Waals surface area contributed by atoms with Crippen molar-refractivity contribution in [3.8, 4) is 0 Å². The minimum Gasteiger partial charge on any atom is -0.345 e. The van der Waals surface area contributed by atoms with E-state index in [4.69, 9.17) is 0 Å². The lowest BCUT2D eigenvalue weighted by Crippen LogP contribution is -2.44. The Hall–Kier alpha value is -1.38. The Kier molecular flexibility index (Phi) is 5.07. The number of nitrogens with zero attached hydrogens (tertiary/aromatic N) is 3. The second-order valence-corrected chi connectivity index (χ2v) is 10.3. The molecule has 0 bridgehead atoms. The lowest BCUT2D eigenvalue weighted by molar-refractivity contribution is 0.0598. The molecule has 4 heterocycles. The second kappa shape index (κ2) is 7.22. The summed E-state index contributed by atoms with van der Waals surface area (Å²) in [5, 5.41) is 3.44. The molecule has 1 aromatic rings. The summed E-state index contributed by atoms with van der Waals surface area (Å²) in [6.45, 7) is 4.77. The van der Waals surface area contributed by atoms with Crippen LogP contribution >= 0.6 is 0 Å². The van der Waals surface area contributed by atoms with Crippen molar-refractivity contribution in [3.05, 3.63) is 18.0 Å². The molecule has 1 spiro atoms. The van der Waals surface area contributed by atoms with Crippen LogP contribution in [-0.4, -0.2) is 67.4 Å². The number of carbonyl (C=O) groups is 1. The summed E-state index contributed by atoms with van der Waals surface area (Å²) in [5.41, 5.74) is 0.819. The molecular weight excluding hydrogens is 364 g/mol. The average molecular weight is 395 g/mol. The molecule has 0 unspecified atom stereocenters. The molecule has 0 aromatic carbocycles. The molecule has 3 fully saturated rings. The highest BCUT2D eigenvalue weighted by Crippen LogP contribution is 2.37. The largest absolute Gasteiger partial charge is 0.345 e. The van der Waals surface area contributed by atoms with E-state index < -0.39 is 10.0 Å². The number of sulfonamides is 1. The zero-order valence-corrected chi connectivity index (χ0v) is 16.9. The number of carbonyl (C=O) groups excluding carboxylic acids is 1. The van der Waals surface area contributed by atoms with Gasteiger partial charge >= 0.3 is 0 Å². The van der Waals surface area contributed by atoms with Crippen molar-refractivity contribution in [1.29, 1.82) is 0 Å². The van der Waals surface area contributed by atoms with Crippen molar-refractivity contribution in [2.45, 2.75) is 43.4 Å². The fourth-order valence-corrected chi connectivity index (χ4v) is 6.30. The van der Waals surface area contributed by atoms with Gasteiger partial charge in [0.2, 0.25) is 10.0 Å². The lowest BCUT2D eigenvalue weighted by Gasteiger charge is -2.38. The molecule has 3 aliphatic rings. The maximum absolute atomic E-state index is 13.0. The third-order valence-corrected chi connectivity index (χ3v) is 8.46. The van der Waals surface area contributed by atoms with Crippen LogP contribution in [0.4, 0.5) is 0 Å². The van der Waals surface area contributed by atoms with Crippen LogP contribution in [0.15, 0.2) is 17.2 Å². The first-order chi connectivity index (χ1) is 12.9. The number of rotatable bonds is 3. The summed E-state index contributed by atoms with van der Waals surface area (Å²) >= 11 is 0. The molecule has 27 heavy (non-hydrogen) atoms. The van der Waals surface area contributed by atoms with Gasteiger partial charge in [-0.15, -0.1) is 0 Å². The molecule has 3 aliphatic heterocycles. The predicted molar refractivity (Wildman–Crippen MR) is 103 cm³/mol. The minimum absolute atomic E-state index is 0.0570. The van der Waals surface area contributed by atoms with E-state index in [1.165, 1.54) is 6.42 Å². The summed E-state index contributed by atoms with van der Waals surface area (Å²) in [7, 11) is -1.75. The van der Waals surface area contributed by atoms with Crippen LogP contribution in [-0.2, 0) is 17.1 Å². The Morgan fingerprint density at radius 1 is 1.07 bits per heavy atom. The van der Waals surface area contributed by atoms with Gasteiger partial charge in [0.15, 0.2) is 0 Å². The molecule has 0 saturated carbocycles. The normalized spacial score (nSPS) is 23.8. The van der Waals surface area contributed by atoms with Gasteiger partial charge in [0.05, 0.1) is 0 Å². The van der Waals surface area contributed by atoms with E-state index in [1.54, 1.807) is 28.2 Å². The van der Waals surface area contributed by atoms with Crippen molar-refractivity contribution in [2.24, 2.45) is 12.5 Å². The summed E-state index contributed by atoms with van der Waals surface area (Å²) in [4.78, 5) is 15.1. The fourth-order valence-electron chi connectivity index (χ4n) is 4.71. The van der Waals surface area contributed by atoms with Gasteiger partial charge in [0.1, 0.15) is 10.6 Å². The lowest BCUT2D eigenvalue weighted by atomic mass is 9.78. The highest BCUT2D eigenvalue weighted by molar-refractivity contribution is 7.89. The Bertz CT molecular complexity index is 795. The summed E-state index contributed by atoms with van der Waals surface area (Å²) in [6, 6.07) is 1.56. The molecule has 0 atom stereocenters. The van der Waals surface area contributed by atoms with Crippen molar-refractivity contribution in [1.82, 2.24) is 19.1 Å². The summed E-state index contributed by atoms with van der Waals surface area (Å²) in [6.07, 6.45) is 7.71. The molecule has 4 rings (SSSR count). The standard InChI is InChI=1S/C19H30N4O3S/c1-21-14-16(27(25,26)23-9-3-2-4-10-23)13-17(21)18(24)22-11-6-19(7-12-22)5-8-20-15-19/h13-14,20H,2-12,15H2,1H3. The monoisotopic (exact) mass is 394 g/mol. The molecular formula is C19H30N4O3S. The number of hydrogen-bond acceptors (Lipinski definition) is 4. The van der Waals surface area contributed by atoms with Crippen molar-refractivity contribution in [3.63, 3.8) is 0 Å². The van der Waals surface area contributed by atoms with E-state index in [0.717, 1.165) is 58.3 Å². The zero-order chi connectivity index (χ0) is 19.1. The number of piperidine rings is 2. The first kappa shape index (κ1) is 19.0. The van der Waals surface area contributed by atoms with Crippen LogP contribution in [0.1, 0.15) is 49.0 Å². The van der Waals surface area contributed by atoms with Crippen LogP contribution in [0.2, 0.25) is 0 Å². The molecule has 1 aromatic heterocycles. The number of nitrogens with one attached hydrogen (secondary N) is 1. The number of likely N-dealkylation sites (tertiary alicyclic amines) is 1. The molecule has 0 aliphatic carbocycles. The van der Waals surface area contributed by atoms with Crippen LogP contribution < -0.4 is 5.32 Å². The third-order valence-electron chi connectivity index (χ3n) is 6.60. The van der Waals surface area contributed by atoms with Crippen molar-refractivity contribution >= 4 is 15.9 Å². The molecule has 0 radical (unpaired) electrons. The van der Waals surface area contributed by atoms with E-state index in [2.05, 4.69) is 5.32 Å². The van der Waals surface area contributed by atoms with Gasteiger partial charge in [-0.25, -0.2) is 8.42 Å². The molecule has 3 saturated heterocycles. The molecule has 150 valence electrons. The highest BCUT2D eigenvalue weighted by Gasteiger charge is 2.39. The van der Waals surface area contributed by atoms with Crippen LogP contribution in [0.25, 0.3) is 0 Å². The smallest absolute Gasteiger partial charge is 0.270 e. The van der Waals surface area contributed by atoms with Gasteiger partial charge < -0.3 is 14.8 Å². The van der Waals surface area contributed by atoms with Gasteiger partial charge in [-0.1, -0.05) is 6.42 Å². The van der Waals surface area contributed by atoms with E-state index in [-0.39, 0.29) is 10.8 Å². The molecule has 1 amide bonds. The first-order valence-electron chi connectivity index (χ1n) is 10.1. The van der Waals surface area contributed by atoms with Gasteiger partial charge in [-0.05, 0) is 50.1 Å². The number of amides is 1. The van der Waals surface area contributed by atoms with Crippen molar-refractivity contribution < 1.29 is 13.2 Å². The number of aryl methyl sites for hydroxylation is 1. The second-order valence-electron chi connectivity index (χ2n) is 8.36. The Morgan fingerprint density at radius 2 is 1.78 bits per heavy atom. The van der Waals surface area contributed by atoms with E-state index in [1.807, 2.05) is 4.90 Å². The average Bonchev–Trinajstić information content (AvgIpc) is 3.30. The molecule has 7 nitrogen and oxygen atoms in total. The zero-order valence-electron chi connectivity index (χ0n) is 16.1. The summed E-state index contributed by atoms with van der Waals surface area (Å²) in [5.74, 6) is -0.0570. The Morgan fingerprint density at radius 3 is 2.41 bits per heavy atom. The van der Waals surface area contributed by atoms with Gasteiger partial charge in [0.25, 0.3) is 5.91 Å². The first-order valence-corrected chi connectivity index (χ1v) is 11.5. The highest BCUT2D eigenvalue weighted by atomic mass is 32.2. The van der Waals surface area contributed by atoms with Crippen molar-refractivity contribution in [2.75, 3.05) is 39.3 Å². The third kappa shape index (κ3) is 3.54. The number of aromatic nitrogens is 1.